The van der Waals surface area contributed by atoms with Gasteiger partial charge in [-0.3, -0.25) is 34.2 Å². The molecule has 3 aliphatic carbocycles. The van der Waals surface area contributed by atoms with E-state index >= 15 is 0 Å². The Hall–Kier alpha value is -5.06. The van der Waals surface area contributed by atoms with Crippen LogP contribution in [-0.2, 0) is 23.9 Å². The van der Waals surface area contributed by atoms with Crippen molar-refractivity contribution in [3.63, 3.8) is 0 Å². The topological polar surface area (TPSA) is 145 Å². The van der Waals surface area contributed by atoms with E-state index in [0.29, 0.717) is 0 Å². The molecule has 1 heterocycles. The van der Waals surface area contributed by atoms with Gasteiger partial charge in [-0.2, -0.15) is 0 Å². The number of methoxy groups -OCH3 is 1. The second-order valence-corrected chi connectivity index (χ2v) is 9.88. The summed E-state index contributed by atoms with van der Waals surface area (Å²) in [5.41, 5.74) is 3.56. The Morgan fingerprint density at radius 1 is 0.900 bits per heavy atom. The monoisotopic (exact) mass is 541 g/mol. The van der Waals surface area contributed by atoms with Gasteiger partial charge < -0.3 is 14.8 Å². The van der Waals surface area contributed by atoms with Crippen LogP contribution in [-0.4, -0.2) is 53.8 Å². The first kappa shape index (κ1) is 25.2. The van der Waals surface area contributed by atoms with Gasteiger partial charge >= 0.3 is 5.97 Å². The van der Waals surface area contributed by atoms with E-state index in [4.69, 9.17) is 9.47 Å². The molecule has 1 aliphatic heterocycles. The Morgan fingerprint density at radius 3 is 1.90 bits per heavy atom. The van der Waals surface area contributed by atoms with Crippen LogP contribution < -0.4 is 10.1 Å². The van der Waals surface area contributed by atoms with E-state index in [9.17, 15) is 29.3 Å². The molecule has 2 bridgehead atoms. The zero-order valence-corrected chi connectivity index (χ0v) is 21.2. The number of rotatable bonds is 7. The minimum Gasteiger partial charge on any atom is -0.497 e. The van der Waals surface area contributed by atoms with Gasteiger partial charge in [-0.25, -0.2) is 0 Å². The maximum absolute atomic E-state index is 13.6. The number of anilines is 1. The number of ether oxygens (including phenoxy) is 2. The highest BCUT2D eigenvalue weighted by molar-refractivity contribution is 6.09. The highest BCUT2D eigenvalue weighted by atomic mass is 16.6. The van der Waals surface area contributed by atoms with Gasteiger partial charge in [0.05, 0.1) is 23.9 Å². The number of carbonyl (C=O) groups excluding carboxylic acids is 4. The first-order valence-corrected chi connectivity index (χ1v) is 12.6. The van der Waals surface area contributed by atoms with Crippen molar-refractivity contribution >= 4 is 35.1 Å². The average molecular weight is 542 g/mol. The van der Waals surface area contributed by atoms with Crippen molar-refractivity contribution in [3.05, 3.63) is 99.1 Å². The number of nitrogens with one attached hydrogen (secondary N) is 1. The maximum atomic E-state index is 13.6. The fourth-order valence-electron chi connectivity index (χ4n) is 6.30. The molecular formula is C29H23N3O8. The van der Waals surface area contributed by atoms with E-state index in [2.05, 4.69) is 5.32 Å². The normalized spacial score (nSPS) is 21.8. The van der Waals surface area contributed by atoms with E-state index in [1.54, 1.807) is 0 Å². The van der Waals surface area contributed by atoms with E-state index in [1.807, 2.05) is 48.5 Å². The molecule has 3 amide bonds. The third-order valence-corrected chi connectivity index (χ3v) is 7.87. The predicted molar refractivity (Wildman–Crippen MR) is 140 cm³/mol. The first-order valence-electron chi connectivity index (χ1n) is 12.6. The third-order valence-electron chi connectivity index (χ3n) is 7.87. The predicted octanol–water partition coefficient (Wildman–Crippen LogP) is 2.98. The van der Waals surface area contributed by atoms with Gasteiger partial charge in [-0.15, -0.1) is 0 Å². The standard InChI is InChI=1S/C29H23N3O8/c1-39-15-10-11-21(32(37)38)20(12-15)30-22(33)14-40-23(34)13-31-28(35)26-24-16-6-2-3-7-17(16)25(27(26)29(31)36)19-9-5-4-8-18(19)24/h2-12,24-27H,13-14H2,1H3,(H,30,33)/t24?,25?,26-,27-/m0/s1. The molecule has 1 fully saturated rings. The van der Waals surface area contributed by atoms with Crippen molar-refractivity contribution < 1.29 is 33.6 Å². The van der Waals surface area contributed by atoms with Crippen LogP contribution in [0, 0.1) is 22.0 Å². The summed E-state index contributed by atoms with van der Waals surface area (Å²) in [6.07, 6.45) is 0. The van der Waals surface area contributed by atoms with Crippen molar-refractivity contribution in [2.75, 3.05) is 25.6 Å². The van der Waals surface area contributed by atoms with Crippen LogP contribution in [0.3, 0.4) is 0 Å². The molecule has 0 radical (unpaired) electrons. The summed E-state index contributed by atoms with van der Waals surface area (Å²) < 4.78 is 10.1. The summed E-state index contributed by atoms with van der Waals surface area (Å²) in [7, 11) is 1.37. The first-order chi connectivity index (χ1) is 19.3. The zero-order chi connectivity index (χ0) is 28.1. The molecule has 1 saturated heterocycles. The van der Waals surface area contributed by atoms with Crippen molar-refractivity contribution in [3.8, 4) is 5.75 Å². The molecule has 0 unspecified atom stereocenters. The molecule has 3 aromatic rings. The lowest BCUT2D eigenvalue weighted by atomic mass is 9.55. The fourth-order valence-corrected chi connectivity index (χ4v) is 6.30. The van der Waals surface area contributed by atoms with Gasteiger partial charge in [0.25, 0.3) is 11.6 Å². The quantitative estimate of drug-likeness (QED) is 0.208. The SMILES string of the molecule is COc1ccc([N+](=O)[O-])c(NC(=O)COC(=O)CN2C(=O)[C@H]3C4c5ccccc5C(c5ccccc54)[C@@H]3C2=O)c1. The number of nitro groups is 1. The van der Waals surface area contributed by atoms with Crippen LogP contribution in [0.5, 0.6) is 5.75 Å². The van der Waals surface area contributed by atoms with Gasteiger partial charge in [0, 0.05) is 24.0 Å². The Morgan fingerprint density at radius 2 is 1.43 bits per heavy atom. The molecule has 11 nitrogen and oxygen atoms in total. The highest BCUT2D eigenvalue weighted by Crippen LogP contribution is 2.60. The van der Waals surface area contributed by atoms with Crippen LogP contribution in [0.1, 0.15) is 34.1 Å². The molecule has 0 saturated carbocycles. The lowest BCUT2D eigenvalue weighted by Gasteiger charge is -2.45. The largest absolute Gasteiger partial charge is 0.497 e. The highest BCUT2D eigenvalue weighted by Gasteiger charge is 2.61. The van der Waals surface area contributed by atoms with E-state index in [-0.39, 0.29) is 29.0 Å². The number of esters is 1. The molecule has 7 rings (SSSR count). The minimum atomic E-state index is -0.946. The van der Waals surface area contributed by atoms with Gasteiger partial charge in [-0.05, 0) is 28.3 Å². The lowest BCUT2D eigenvalue weighted by molar-refractivity contribution is -0.383. The van der Waals surface area contributed by atoms with Crippen LogP contribution in [0.2, 0.25) is 0 Å². The second kappa shape index (κ2) is 9.60. The van der Waals surface area contributed by atoms with Crippen molar-refractivity contribution in [1.29, 1.82) is 0 Å². The molecule has 0 spiro atoms. The Balaban J connectivity index is 1.16. The van der Waals surface area contributed by atoms with Crippen LogP contribution in [0.25, 0.3) is 0 Å². The molecule has 11 heteroatoms. The number of hydrogen-bond donors (Lipinski definition) is 1. The number of carbonyl (C=O) groups is 4. The molecule has 202 valence electrons. The summed E-state index contributed by atoms with van der Waals surface area (Å²) in [5, 5.41) is 13.6. The van der Waals surface area contributed by atoms with E-state index in [0.717, 1.165) is 27.2 Å². The number of benzene rings is 3. The summed E-state index contributed by atoms with van der Waals surface area (Å²) in [6, 6.07) is 19.4. The molecule has 0 aromatic heterocycles. The summed E-state index contributed by atoms with van der Waals surface area (Å²) in [4.78, 5) is 63.8. The van der Waals surface area contributed by atoms with Crippen LogP contribution in [0.4, 0.5) is 11.4 Å². The molecule has 3 aromatic carbocycles. The number of nitro benzene ring substituents is 1. The Bertz CT molecular complexity index is 1490. The number of amides is 3. The summed E-state index contributed by atoms with van der Waals surface area (Å²) in [6.45, 7) is -1.40. The van der Waals surface area contributed by atoms with E-state index in [1.165, 1.54) is 25.3 Å². The van der Waals surface area contributed by atoms with Gasteiger partial charge in [0.1, 0.15) is 18.0 Å². The van der Waals surface area contributed by atoms with Crippen LogP contribution >= 0.6 is 0 Å². The van der Waals surface area contributed by atoms with E-state index < -0.39 is 53.6 Å². The summed E-state index contributed by atoms with van der Waals surface area (Å²) >= 11 is 0. The maximum Gasteiger partial charge on any atom is 0.326 e. The molecule has 1 N–H and O–H groups in total. The molecule has 4 aliphatic rings. The van der Waals surface area contributed by atoms with Gasteiger partial charge in [0.15, 0.2) is 6.61 Å². The van der Waals surface area contributed by atoms with Crippen molar-refractivity contribution in [2.24, 2.45) is 11.8 Å². The van der Waals surface area contributed by atoms with Gasteiger partial charge in [0.2, 0.25) is 11.8 Å². The smallest absolute Gasteiger partial charge is 0.326 e. The number of hydrogen-bond acceptors (Lipinski definition) is 8. The molecule has 2 atom stereocenters. The number of nitrogens with zero attached hydrogens (tertiary/aromatic N) is 2. The Kier molecular flexibility index (Phi) is 6.05. The molecule has 40 heavy (non-hydrogen) atoms. The number of imide groups is 1. The third kappa shape index (κ3) is 3.89. The van der Waals surface area contributed by atoms with Gasteiger partial charge in [-0.1, -0.05) is 48.5 Å². The zero-order valence-electron chi connectivity index (χ0n) is 21.2. The average Bonchev–Trinajstić information content (AvgIpc) is 3.21. The number of likely N-dealkylation sites (tertiary alicyclic amines) is 1. The minimum absolute atomic E-state index is 0.131. The fraction of sp³-hybridized carbons (Fsp3) is 0.241. The lowest BCUT2D eigenvalue weighted by Crippen LogP contribution is -2.41. The van der Waals surface area contributed by atoms with Crippen molar-refractivity contribution in [2.45, 2.75) is 11.8 Å². The van der Waals surface area contributed by atoms with Crippen LogP contribution in [0.15, 0.2) is 66.7 Å². The Labute approximate surface area is 227 Å². The summed E-state index contributed by atoms with van der Waals surface area (Å²) in [5.74, 6) is -4.25. The molecular weight excluding hydrogens is 518 g/mol. The van der Waals surface area contributed by atoms with Crippen molar-refractivity contribution in [1.82, 2.24) is 4.90 Å². The second-order valence-electron chi connectivity index (χ2n) is 9.88.